The van der Waals surface area contributed by atoms with E-state index in [0.29, 0.717) is 0 Å². The molecule has 0 aromatic carbocycles. The van der Waals surface area contributed by atoms with E-state index >= 15 is 0 Å². The maximum Gasteiger partial charge on any atom is 0.673 e. The lowest BCUT2D eigenvalue weighted by atomic mass is 10.1. The van der Waals surface area contributed by atoms with Crippen molar-refractivity contribution in [1.82, 2.24) is 0 Å². The number of nitrogens with zero attached hydrogens (tertiary/aromatic N) is 3. The van der Waals surface area contributed by atoms with Gasteiger partial charge in [-0.3, -0.25) is 10.1 Å². The highest BCUT2D eigenvalue weighted by atomic mass is 19.5. The molecule has 88 valence electrons. The highest BCUT2D eigenvalue weighted by Crippen LogP contribution is 2.06. The minimum atomic E-state index is -6.00. The maximum absolute atomic E-state index is 10.3. The zero-order valence-corrected chi connectivity index (χ0v) is 7.63. The smallest absolute Gasteiger partial charge is 0.418 e. The second-order valence-electron chi connectivity index (χ2n) is 2.49. The Morgan fingerprint density at radius 1 is 1.38 bits per heavy atom. The minimum absolute atomic E-state index is 0.0532. The molecule has 0 saturated carbocycles. The Morgan fingerprint density at radius 3 is 2.19 bits per heavy atom. The number of hydrogen-bond donors (Lipinski definition) is 0. The maximum atomic E-state index is 10.3. The van der Waals surface area contributed by atoms with Gasteiger partial charge in [0.1, 0.15) is 0 Å². The number of allylic oxidation sites excluding steroid dienone is 2. The SMILES string of the molecule is F[B-](F)(F)F.[N-]=[N+]=C1C=CC=CC1[N+](=O)[O-]. The molecule has 10 heteroatoms. The van der Waals surface area contributed by atoms with Crippen LogP contribution < -0.4 is 0 Å². The Bertz CT molecular complexity index is 366. The number of halogens is 4. The normalized spacial score (nSPS) is 18.5. The quantitative estimate of drug-likeness (QED) is 0.174. The van der Waals surface area contributed by atoms with E-state index in [-0.39, 0.29) is 5.71 Å². The van der Waals surface area contributed by atoms with Crippen molar-refractivity contribution in [3.8, 4) is 0 Å². The summed E-state index contributed by atoms with van der Waals surface area (Å²) in [7, 11) is -6.00. The van der Waals surface area contributed by atoms with Gasteiger partial charge in [-0.05, 0) is 0 Å². The first kappa shape index (κ1) is 14.0. The third-order valence-corrected chi connectivity index (χ3v) is 1.32. The molecular weight excluding hydrogens is 233 g/mol. The average molecular weight is 238 g/mol. The highest BCUT2D eigenvalue weighted by Gasteiger charge is 2.30. The van der Waals surface area contributed by atoms with E-state index in [4.69, 9.17) is 5.53 Å². The van der Waals surface area contributed by atoms with Gasteiger partial charge in [-0.1, -0.05) is 12.2 Å². The van der Waals surface area contributed by atoms with Crippen LogP contribution in [0.1, 0.15) is 0 Å². The summed E-state index contributed by atoms with van der Waals surface area (Å²) in [4.78, 5) is 12.5. The second kappa shape index (κ2) is 5.81. The lowest BCUT2D eigenvalue weighted by molar-refractivity contribution is -0.493. The molecule has 1 rings (SSSR count). The Morgan fingerprint density at radius 2 is 1.88 bits per heavy atom. The van der Waals surface area contributed by atoms with Crippen LogP contribution in [0.3, 0.4) is 0 Å². The summed E-state index contributed by atoms with van der Waals surface area (Å²) < 4.78 is 39.0. The first-order chi connectivity index (χ1) is 7.25. The summed E-state index contributed by atoms with van der Waals surface area (Å²) in [5.41, 5.74) is 8.36. The van der Waals surface area contributed by atoms with Crippen molar-refractivity contribution < 1.29 is 27.0 Å². The Balaban J connectivity index is 0.000000385. The molecule has 0 heterocycles. The third-order valence-electron chi connectivity index (χ3n) is 1.32. The third kappa shape index (κ3) is 6.49. The van der Waals surface area contributed by atoms with Crippen LogP contribution in [-0.4, -0.2) is 28.7 Å². The van der Waals surface area contributed by atoms with Crippen molar-refractivity contribution in [3.63, 3.8) is 0 Å². The summed E-state index contributed by atoms with van der Waals surface area (Å²) in [6, 6.07) is -1.01. The van der Waals surface area contributed by atoms with E-state index in [1.165, 1.54) is 12.2 Å². The van der Waals surface area contributed by atoms with Crippen LogP contribution in [0.4, 0.5) is 17.3 Å². The molecule has 0 spiro atoms. The van der Waals surface area contributed by atoms with Crippen molar-refractivity contribution in [2.45, 2.75) is 6.04 Å². The molecule has 5 nitrogen and oxygen atoms in total. The molecule has 1 atom stereocenters. The zero-order valence-electron chi connectivity index (χ0n) is 7.63. The minimum Gasteiger partial charge on any atom is -0.418 e. The summed E-state index contributed by atoms with van der Waals surface area (Å²) in [5.74, 6) is 0. The van der Waals surface area contributed by atoms with Crippen LogP contribution in [0.2, 0.25) is 0 Å². The van der Waals surface area contributed by atoms with Gasteiger partial charge in [-0.15, -0.1) is 0 Å². The lowest BCUT2D eigenvalue weighted by Crippen LogP contribution is -2.27. The molecule has 0 aromatic heterocycles. The first-order valence-electron chi connectivity index (χ1n) is 3.83. The molecule has 0 fully saturated rings. The van der Waals surface area contributed by atoms with E-state index in [1.54, 1.807) is 12.2 Å². The molecule has 0 aromatic rings. The topological polar surface area (TPSA) is 79.5 Å². The first-order valence-corrected chi connectivity index (χ1v) is 3.83. The highest BCUT2D eigenvalue weighted by molar-refractivity contribution is 6.50. The molecular formula is C6H5BF4N3O2-. The molecule has 0 saturated heterocycles. The summed E-state index contributed by atoms with van der Waals surface area (Å²) in [6.07, 6.45) is 5.87. The number of nitro groups is 1. The largest absolute Gasteiger partial charge is 0.673 e. The molecule has 16 heavy (non-hydrogen) atoms. The zero-order chi connectivity index (χ0) is 12.8. The van der Waals surface area contributed by atoms with Crippen molar-refractivity contribution in [1.29, 1.82) is 0 Å². The van der Waals surface area contributed by atoms with Gasteiger partial charge in [0, 0.05) is 17.1 Å². The van der Waals surface area contributed by atoms with Gasteiger partial charge in [0.05, 0.1) is 0 Å². The van der Waals surface area contributed by atoms with Gasteiger partial charge in [0.2, 0.25) is 0 Å². The van der Waals surface area contributed by atoms with Gasteiger partial charge in [-0.25, -0.2) is 0 Å². The summed E-state index contributed by atoms with van der Waals surface area (Å²) in [6.45, 7) is 0. The number of hydrogen-bond acceptors (Lipinski definition) is 2. The molecule has 1 aliphatic carbocycles. The average Bonchev–Trinajstić information content (AvgIpc) is 2.15. The van der Waals surface area contributed by atoms with Gasteiger partial charge < -0.3 is 22.8 Å². The van der Waals surface area contributed by atoms with E-state index in [1.807, 2.05) is 0 Å². The van der Waals surface area contributed by atoms with Crippen LogP contribution >= 0.6 is 0 Å². The molecule has 0 aliphatic heterocycles. The molecule has 0 N–H and O–H groups in total. The molecule has 0 amide bonds. The van der Waals surface area contributed by atoms with Crippen molar-refractivity contribution in [2.24, 2.45) is 0 Å². The standard InChI is InChI=1S/C6H5N3O2.BF4/c7-8-5-3-1-2-4-6(5)9(10)11;2-1(3,4)5/h1-4,6H;/q;-1. The lowest BCUT2D eigenvalue weighted by Gasteiger charge is -1.98. The molecule has 0 bridgehead atoms. The van der Waals surface area contributed by atoms with E-state index in [9.17, 15) is 27.4 Å². The van der Waals surface area contributed by atoms with Gasteiger partial charge in [0.25, 0.3) is 0 Å². The predicted octanol–water partition coefficient (Wildman–Crippen LogP) is 1.73. The Labute approximate surface area is 86.9 Å². The van der Waals surface area contributed by atoms with Gasteiger partial charge in [0.15, 0.2) is 0 Å². The van der Waals surface area contributed by atoms with E-state index in [2.05, 4.69) is 4.79 Å². The van der Waals surface area contributed by atoms with Crippen molar-refractivity contribution >= 4 is 13.0 Å². The van der Waals surface area contributed by atoms with Crippen LogP contribution in [-0.2, 0) is 0 Å². The fourth-order valence-corrected chi connectivity index (χ4v) is 0.791. The Hall–Kier alpha value is -1.96. The number of rotatable bonds is 1. The fourth-order valence-electron chi connectivity index (χ4n) is 0.791. The fraction of sp³-hybridized carbons (Fsp3) is 0.167. The van der Waals surface area contributed by atoms with Gasteiger partial charge >= 0.3 is 19.0 Å². The van der Waals surface area contributed by atoms with E-state index < -0.39 is 18.2 Å². The van der Waals surface area contributed by atoms with Crippen LogP contribution in [0.25, 0.3) is 5.53 Å². The Kier molecular flexibility index (Phi) is 5.10. The second-order valence-corrected chi connectivity index (χ2v) is 2.49. The predicted molar refractivity (Wildman–Crippen MR) is 47.9 cm³/mol. The van der Waals surface area contributed by atoms with Crippen LogP contribution in [0.15, 0.2) is 24.3 Å². The summed E-state index contributed by atoms with van der Waals surface area (Å²) in [5, 5.41) is 10.3. The molecule has 1 unspecified atom stereocenters. The van der Waals surface area contributed by atoms with Crippen molar-refractivity contribution in [2.75, 3.05) is 0 Å². The van der Waals surface area contributed by atoms with Crippen LogP contribution in [0.5, 0.6) is 0 Å². The van der Waals surface area contributed by atoms with E-state index in [0.717, 1.165) is 0 Å². The van der Waals surface area contributed by atoms with Crippen molar-refractivity contribution in [3.05, 3.63) is 39.9 Å². The van der Waals surface area contributed by atoms with Crippen LogP contribution in [0, 0.1) is 10.1 Å². The monoisotopic (exact) mass is 238 g/mol. The molecule has 1 aliphatic rings. The van der Waals surface area contributed by atoms with Gasteiger partial charge in [-0.2, -0.15) is 4.79 Å². The summed E-state index contributed by atoms with van der Waals surface area (Å²) >= 11 is 0. The molecule has 0 radical (unpaired) electrons.